The van der Waals surface area contributed by atoms with Crippen LogP contribution >= 0.6 is 0 Å². The van der Waals surface area contributed by atoms with Gasteiger partial charge in [0.05, 0.1) is 0 Å². The van der Waals surface area contributed by atoms with Crippen LogP contribution in [0.15, 0.2) is 10.1 Å². The maximum Gasteiger partial charge on any atom is 0.320 e. The number of benzene rings is 1. The summed E-state index contributed by atoms with van der Waals surface area (Å²) in [5, 5.41) is 12.8. The number of carboxylic acids is 1. The second kappa shape index (κ2) is 9.35. The smallest absolute Gasteiger partial charge is 0.320 e. The van der Waals surface area contributed by atoms with Crippen molar-refractivity contribution < 1.29 is 32.3 Å². The molecular formula is C13H13F4N7O3. The first kappa shape index (κ1) is 21.7. The molecule has 0 aromatic heterocycles. The first-order valence-corrected chi connectivity index (χ1v) is 7.12. The number of guanidine groups is 1. The fourth-order valence-corrected chi connectivity index (χ4v) is 1.80. The SMILES string of the molecule is [N-]=[N+]=Nc1c(F)c(F)c(C(=O)NC(N)=NCCCC(N)C(=O)O)c(F)c1F. The lowest BCUT2D eigenvalue weighted by Crippen LogP contribution is -2.38. The fraction of sp³-hybridized carbons (Fsp3) is 0.308. The second-order valence-corrected chi connectivity index (χ2v) is 4.98. The number of nitrogens with two attached hydrogens (primary N) is 2. The summed E-state index contributed by atoms with van der Waals surface area (Å²) in [4.78, 5) is 27.9. The van der Waals surface area contributed by atoms with Crippen LogP contribution < -0.4 is 16.8 Å². The summed E-state index contributed by atoms with van der Waals surface area (Å²) in [5.41, 5.74) is 15.5. The molecule has 0 saturated heterocycles. The number of aliphatic imine (C=N–C) groups is 1. The average molecular weight is 391 g/mol. The monoisotopic (exact) mass is 391 g/mol. The van der Waals surface area contributed by atoms with E-state index in [0.717, 1.165) is 0 Å². The Morgan fingerprint density at radius 1 is 1.19 bits per heavy atom. The van der Waals surface area contributed by atoms with Crippen LogP contribution in [0.25, 0.3) is 10.4 Å². The van der Waals surface area contributed by atoms with Crippen LogP contribution in [0, 0.1) is 23.3 Å². The third kappa shape index (κ3) is 5.29. The third-order valence-corrected chi connectivity index (χ3v) is 3.13. The van der Waals surface area contributed by atoms with Crippen LogP contribution in [-0.2, 0) is 4.79 Å². The zero-order valence-electron chi connectivity index (χ0n) is 13.4. The van der Waals surface area contributed by atoms with E-state index in [0.29, 0.717) is 0 Å². The summed E-state index contributed by atoms with van der Waals surface area (Å²) >= 11 is 0. The van der Waals surface area contributed by atoms with Crippen molar-refractivity contribution in [1.29, 1.82) is 0 Å². The van der Waals surface area contributed by atoms with E-state index in [4.69, 9.17) is 22.1 Å². The summed E-state index contributed by atoms with van der Waals surface area (Å²) in [7, 11) is 0. The van der Waals surface area contributed by atoms with Crippen LogP contribution in [0.2, 0.25) is 0 Å². The van der Waals surface area contributed by atoms with Gasteiger partial charge in [-0.05, 0) is 18.4 Å². The molecule has 0 aliphatic rings. The largest absolute Gasteiger partial charge is 0.480 e. The number of hydrogen-bond acceptors (Lipinski definition) is 5. The van der Waals surface area contributed by atoms with Gasteiger partial charge in [-0.3, -0.25) is 19.9 Å². The van der Waals surface area contributed by atoms with Gasteiger partial charge in [-0.2, -0.15) is 0 Å². The molecular weight excluding hydrogens is 378 g/mol. The molecule has 1 amide bonds. The zero-order chi connectivity index (χ0) is 20.7. The van der Waals surface area contributed by atoms with Gasteiger partial charge in [0.1, 0.15) is 17.3 Å². The lowest BCUT2D eigenvalue weighted by Gasteiger charge is -2.10. The Balaban J connectivity index is 2.93. The normalized spacial score (nSPS) is 12.3. The van der Waals surface area contributed by atoms with Crippen molar-refractivity contribution in [2.75, 3.05) is 6.54 Å². The van der Waals surface area contributed by atoms with Crippen molar-refractivity contribution >= 4 is 23.5 Å². The number of aliphatic carboxylic acids is 1. The number of azide groups is 1. The van der Waals surface area contributed by atoms with E-state index in [1.165, 1.54) is 0 Å². The van der Waals surface area contributed by atoms with Gasteiger partial charge >= 0.3 is 5.97 Å². The lowest BCUT2D eigenvalue weighted by molar-refractivity contribution is -0.138. The van der Waals surface area contributed by atoms with Crippen molar-refractivity contribution in [3.05, 3.63) is 39.3 Å². The minimum atomic E-state index is -2.09. The predicted molar refractivity (Wildman–Crippen MR) is 83.9 cm³/mol. The number of amides is 1. The Labute approximate surface area is 148 Å². The minimum Gasteiger partial charge on any atom is -0.480 e. The van der Waals surface area contributed by atoms with Gasteiger partial charge in [0, 0.05) is 11.5 Å². The number of carbonyl (C=O) groups is 2. The van der Waals surface area contributed by atoms with E-state index < -0.39 is 58.4 Å². The van der Waals surface area contributed by atoms with Crippen LogP contribution in [0.1, 0.15) is 23.2 Å². The molecule has 1 unspecified atom stereocenters. The Morgan fingerprint density at radius 2 is 1.74 bits per heavy atom. The number of rotatable bonds is 7. The van der Waals surface area contributed by atoms with Gasteiger partial charge < -0.3 is 16.6 Å². The lowest BCUT2D eigenvalue weighted by atomic mass is 10.1. The minimum absolute atomic E-state index is 0.0423. The summed E-state index contributed by atoms with van der Waals surface area (Å²) in [6.07, 6.45) is 0.206. The first-order chi connectivity index (χ1) is 12.6. The first-order valence-electron chi connectivity index (χ1n) is 7.12. The highest BCUT2D eigenvalue weighted by molar-refractivity contribution is 6.05. The number of carbonyl (C=O) groups excluding carboxylic acids is 1. The number of hydrogen-bond donors (Lipinski definition) is 4. The van der Waals surface area contributed by atoms with Gasteiger partial charge in [0.15, 0.2) is 29.2 Å². The third-order valence-electron chi connectivity index (χ3n) is 3.13. The van der Waals surface area contributed by atoms with Crippen LogP contribution in [0.5, 0.6) is 0 Å². The van der Waals surface area contributed by atoms with Crippen LogP contribution in [0.3, 0.4) is 0 Å². The number of nitrogens with zero attached hydrogens (tertiary/aromatic N) is 4. The number of halogens is 4. The van der Waals surface area contributed by atoms with E-state index in [1.807, 2.05) is 4.91 Å². The Morgan fingerprint density at radius 3 is 2.22 bits per heavy atom. The molecule has 10 nitrogen and oxygen atoms in total. The summed E-state index contributed by atoms with van der Waals surface area (Å²) < 4.78 is 54.9. The van der Waals surface area contributed by atoms with Gasteiger partial charge in [0.2, 0.25) is 0 Å². The highest BCUT2D eigenvalue weighted by Crippen LogP contribution is 2.30. The molecule has 27 heavy (non-hydrogen) atoms. The average Bonchev–Trinajstić information content (AvgIpc) is 2.60. The van der Waals surface area contributed by atoms with E-state index in [1.54, 1.807) is 5.32 Å². The van der Waals surface area contributed by atoms with Crippen LogP contribution in [-0.4, -0.2) is 35.5 Å². The summed E-state index contributed by atoms with van der Waals surface area (Å²) in [6.45, 7) is -0.0867. The topological polar surface area (TPSA) is 180 Å². The zero-order valence-corrected chi connectivity index (χ0v) is 13.4. The molecule has 1 aromatic rings. The molecule has 0 aliphatic heterocycles. The van der Waals surface area contributed by atoms with Crippen LogP contribution in [0.4, 0.5) is 23.2 Å². The summed E-state index contributed by atoms with van der Waals surface area (Å²) in [6, 6.07) is -1.13. The Bertz CT molecular complexity index is 811. The van der Waals surface area contributed by atoms with Gasteiger partial charge in [-0.1, -0.05) is 5.11 Å². The standard InChI is InChI=1S/C13H13F4N7O3/c14-6-5(7(15)9(17)10(8(6)16)23-24-20)11(25)22-13(19)21-3-1-2-4(18)12(26)27/h4H,1-3,18H2,(H,26,27)(H3,19,21,22,25). The van der Waals surface area contributed by atoms with Crippen molar-refractivity contribution in [3.63, 3.8) is 0 Å². The molecule has 0 radical (unpaired) electrons. The molecule has 146 valence electrons. The van der Waals surface area contributed by atoms with Crippen molar-refractivity contribution in [3.8, 4) is 0 Å². The highest BCUT2D eigenvalue weighted by atomic mass is 19.2. The van der Waals surface area contributed by atoms with Crippen molar-refractivity contribution in [1.82, 2.24) is 5.32 Å². The molecule has 0 spiro atoms. The quantitative estimate of drug-likeness (QED) is 0.0800. The molecule has 0 bridgehead atoms. The Kier molecular flexibility index (Phi) is 7.50. The molecule has 0 heterocycles. The molecule has 6 N–H and O–H groups in total. The second-order valence-electron chi connectivity index (χ2n) is 4.98. The maximum absolute atomic E-state index is 13.8. The van der Waals surface area contributed by atoms with Crippen molar-refractivity contribution in [2.45, 2.75) is 18.9 Å². The molecule has 0 aliphatic carbocycles. The maximum atomic E-state index is 13.8. The molecule has 0 fully saturated rings. The van der Waals surface area contributed by atoms with Crippen molar-refractivity contribution in [2.24, 2.45) is 21.6 Å². The van der Waals surface area contributed by atoms with E-state index >= 15 is 0 Å². The molecule has 1 aromatic carbocycles. The van der Waals surface area contributed by atoms with Gasteiger partial charge in [-0.25, -0.2) is 17.6 Å². The van der Waals surface area contributed by atoms with E-state index in [2.05, 4.69) is 10.1 Å². The number of nitrogens with one attached hydrogen (secondary N) is 1. The van der Waals surface area contributed by atoms with Gasteiger partial charge in [-0.15, -0.1) is 0 Å². The molecule has 1 atom stereocenters. The number of carboxylic acid groups (broad SMARTS) is 1. The molecule has 0 saturated carbocycles. The summed E-state index contributed by atoms with van der Waals surface area (Å²) in [5.74, 6) is -11.8. The predicted octanol–water partition coefficient (Wildman–Crippen LogP) is 1.42. The Hall–Kier alpha value is -3.38. The fourth-order valence-electron chi connectivity index (χ4n) is 1.80. The molecule has 14 heteroatoms. The highest BCUT2D eigenvalue weighted by Gasteiger charge is 2.29. The van der Waals surface area contributed by atoms with E-state index in [-0.39, 0.29) is 19.4 Å². The van der Waals surface area contributed by atoms with E-state index in [9.17, 15) is 27.2 Å². The van der Waals surface area contributed by atoms with Gasteiger partial charge in [0.25, 0.3) is 5.91 Å². The molecule has 1 rings (SSSR count).